The lowest BCUT2D eigenvalue weighted by molar-refractivity contribution is -0.121. The standard InChI is InChI=1S/C19H22BrClN2O3S/c1-19(2,14-7-9-15(20)10-8-14)13-22-18(24)11-12-23-27(25,26)17-6-4-3-5-16(17)21/h3-10,23H,11-13H2,1-2H3,(H,22,24). The van der Waals surface area contributed by atoms with Crippen molar-refractivity contribution in [3.8, 4) is 0 Å². The van der Waals surface area contributed by atoms with Gasteiger partial charge in [-0.15, -0.1) is 0 Å². The van der Waals surface area contributed by atoms with Gasteiger partial charge in [0.15, 0.2) is 0 Å². The van der Waals surface area contributed by atoms with Crippen LogP contribution in [0.15, 0.2) is 57.9 Å². The van der Waals surface area contributed by atoms with E-state index in [2.05, 4.69) is 26.0 Å². The molecule has 0 heterocycles. The molecular formula is C19H22BrClN2O3S. The Morgan fingerprint density at radius 2 is 1.74 bits per heavy atom. The molecule has 0 saturated carbocycles. The van der Waals surface area contributed by atoms with Gasteiger partial charge in [-0.05, 0) is 29.8 Å². The number of carbonyl (C=O) groups is 1. The van der Waals surface area contributed by atoms with Gasteiger partial charge < -0.3 is 5.32 Å². The first-order valence-electron chi connectivity index (χ1n) is 8.39. The third kappa shape index (κ3) is 6.31. The third-order valence-corrected chi connectivity index (χ3v) is 6.61. The molecule has 0 radical (unpaired) electrons. The van der Waals surface area contributed by atoms with Gasteiger partial charge in [0.25, 0.3) is 0 Å². The summed E-state index contributed by atoms with van der Waals surface area (Å²) in [5, 5.41) is 3.01. The summed E-state index contributed by atoms with van der Waals surface area (Å²) >= 11 is 9.32. The molecule has 0 spiro atoms. The summed E-state index contributed by atoms with van der Waals surface area (Å²) in [5.41, 5.74) is 0.860. The van der Waals surface area contributed by atoms with Crippen molar-refractivity contribution in [2.75, 3.05) is 13.1 Å². The van der Waals surface area contributed by atoms with Crippen molar-refractivity contribution < 1.29 is 13.2 Å². The van der Waals surface area contributed by atoms with Crippen molar-refractivity contribution in [2.24, 2.45) is 0 Å². The number of benzene rings is 2. The summed E-state index contributed by atoms with van der Waals surface area (Å²) in [4.78, 5) is 12.1. The zero-order chi connectivity index (χ0) is 20.1. The van der Waals surface area contributed by atoms with Crippen LogP contribution in [0.1, 0.15) is 25.8 Å². The number of amides is 1. The van der Waals surface area contributed by atoms with Gasteiger partial charge in [0.1, 0.15) is 4.90 Å². The van der Waals surface area contributed by atoms with Crippen molar-refractivity contribution in [3.05, 3.63) is 63.6 Å². The minimum absolute atomic E-state index is 0.00188. The van der Waals surface area contributed by atoms with Crippen LogP contribution in [0.2, 0.25) is 5.02 Å². The van der Waals surface area contributed by atoms with Crippen molar-refractivity contribution in [2.45, 2.75) is 30.6 Å². The van der Waals surface area contributed by atoms with Gasteiger partial charge in [-0.3, -0.25) is 4.79 Å². The zero-order valence-electron chi connectivity index (χ0n) is 15.1. The van der Waals surface area contributed by atoms with E-state index in [9.17, 15) is 13.2 Å². The minimum Gasteiger partial charge on any atom is -0.355 e. The molecule has 0 aliphatic carbocycles. The van der Waals surface area contributed by atoms with E-state index in [0.717, 1.165) is 10.0 Å². The van der Waals surface area contributed by atoms with Gasteiger partial charge in [-0.1, -0.05) is 65.6 Å². The summed E-state index contributed by atoms with van der Waals surface area (Å²) < 4.78 is 27.9. The Balaban J connectivity index is 1.84. The fraction of sp³-hybridized carbons (Fsp3) is 0.316. The van der Waals surface area contributed by atoms with E-state index in [1.54, 1.807) is 12.1 Å². The van der Waals surface area contributed by atoms with Crippen LogP contribution in [0, 0.1) is 0 Å². The number of sulfonamides is 1. The van der Waals surface area contributed by atoms with E-state index in [4.69, 9.17) is 11.6 Å². The van der Waals surface area contributed by atoms with Crippen molar-refractivity contribution in [1.82, 2.24) is 10.0 Å². The zero-order valence-corrected chi connectivity index (χ0v) is 18.3. The molecule has 0 unspecified atom stereocenters. The monoisotopic (exact) mass is 472 g/mol. The fourth-order valence-electron chi connectivity index (χ4n) is 2.45. The van der Waals surface area contributed by atoms with Crippen LogP contribution < -0.4 is 10.0 Å². The Kier molecular flexibility index (Phi) is 7.45. The minimum atomic E-state index is -3.74. The first-order chi connectivity index (χ1) is 12.6. The maximum absolute atomic E-state index is 12.2. The van der Waals surface area contributed by atoms with E-state index < -0.39 is 10.0 Å². The number of nitrogens with one attached hydrogen (secondary N) is 2. The summed E-state index contributed by atoms with van der Waals surface area (Å²) in [6.45, 7) is 4.52. The molecule has 0 aliphatic rings. The highest BCUT2D eigenvalue weighted by molar-refractivity contribution is 9.10. The second-order valence-corrected chi connectivity index (χ2v) is 9.80. The third-order valence-electron chi connectivity index (χ3n) is 4.12. The average molecular weight is 474 g/mol. The fourth-order valence-corrected chi connectivity index (χ4v) is 4.26. The molecule has 146 valence electrons. The summed E-state index contributed by atoms with van der Waals surface area (Å²) in [5.74, 6) is -0.220. The molecule has 0 fully saturated rings. The predicted molar refractivity (Wildman–Crippen MR) is 111 cm³/mol. The van der Waals surface area contributed by atoms with Crippen LogP contribution in [0.4, 0.5) is 0 Å². The summed E-state index contributed by atoms with van der Waals surface area (Å²) in [6.07, 6.45) is 0.0418. The molecule has 1 amide bonds. The summed E-state index contributed by atoms with van der Waals surface area (Å²) in [6, 6.07) is 14.1. The van der Waals surface area contributed by atoms with Gasteiger partial charge in [-0.2, -0.15) is 0 Å². The second kappa shape index (κ2) is 9.19. The first kappa shape index (κ1) is 21.9. The molecule has 2 aromatic carbocycles. The lowest BCUT2D eigenvalue weighted by atomic mass is 9.84. The topological polar surface area (TPSA) is 75.3 Å². The molecule has 8 heteroatoms. The van der Waals surface area contributed by atoms with Crippen molar-refractivity contribution in [1.29, 1.82) is 0 Å². The summed E-state index contributed by atoms with van der Waals surface area (Å²) in [7, 11) is -3.74. The van der Waals surface area contributed by atoms with Crippen LogP contribution in [0.25, 0.3) is 0 Å². The number of carbonyl (C=O) groups excluding carboxylic acids is 1. The van der Waals surface area contributed by atoms with Crippen LogP contribution in [-0.2, 0) is 20.2 Å². The van der Waals surface area contributed by atoms with Crippen LogP contribution >= 0.6 is 27.5 Å². The number of hydrogen-bond acceptors (Lipinski definition) is 3. The van der Waals surface area contributed by atoms with E-state index in [-0.39, 0.29) is 34.2 Å². The molecule has 0 aromatic heterocycles. The van der Waals surface area contributed by atoms with E-state index in [0.29, 0.717) is 6.54 Å². The Morgan fingerprint density at radius 1 is 1.11 bits per heavy atom. The van der Waals surface area contributed by atoms with Crippen LogP contribution in [-0.4, -0.2) is 27.4 Å². The van der Waals surface area contributed by atoms with Gasteiger partial charge in [-0.25, -0.2) is 13.1 Å². The van der Waals surface area contributed by atoms with E-state index in [1.807, 2.05) is 38.1 Å². The molecule has 27 heavy (non-hydrogen) atoms. The number of halogens is 2. The highest BCUT2D eigenvalue weighted by Gasteiger charge is 2.22. The van der Waals surface area contributed by atoms with E-state index in [1.165, 1.54) is 12.1 Å². The number of rotatable bonds is 8. The molecule has 0 atom stereocenters. The SMILES string of the molecule is CC(C)(CNC(=O)CCNS(=O)(=O)c1ccccc1Cl)c1ccc(Br)cc1. The van der Waals surface area contributed by atoms with Crippen molar-refractivity contribution >= 4 is 43.5 Å². The highest BCUT2D eigenvalue weighted by Crippen LogP contribution is 2.24. The maximum Gasteiger partial charge on any atom is 0.242 e. The first-order valence-corrected chi connectivity index (χ1v) is 11.0. The van der Waals surface area contributed by atoms with Gasteiger partial charge >= 0.3 is 0 Å². The molecule has 5 nitrogen and oxygen atoms in total. The highest BCUT2D eigenvalue weighted by atomic mass is 79.9. The second-order valence-electron chi connectivity index (χ2n) is 6.75. The molecule has 2 aromatic rings. The Labute approximate surface area is 173 Å². The molecule has 0 bridgehead atoms. The lowest BCUT2D eigenvalue weighted by Crippen LogP contribution is -2.38. The molecule has 0 aliphatic heterocycles. The predicted octanol–water partition coefficient (Wildman–Crippen LogP) is 3.86. The van der Waals surface area contributed by atoms with Gasteiger partial charge in [0.05, 0.1) is 5.02 Å². The lowest BCUT2D eigenvalue weighted by Gasteiger charge is -2.25. The molecule has 0 saturated heterocycles. The molecular weight excluding hydrogens is 452 g/mol. The number of hydrogen-bond donors (Lipinski definition) is 2. The quantitative estimate of drug-likeness (QED) is 0.611. The largest absolute Gasteiger partial charge is 0.355 e. The van der Waals surface area contributed by atoms with Gasteiger partial charge in [0, 0.05) is 29.4 Å². The average Bonchev–Trinajstić information content (AvgIpc) is 2.60. The van der Waals surface area contributed by atoms with Gasteiger partial charge in [0.2, 0.25) is 15.9 Å². The smallest absolute Gasteiger partial charge is 0.242 e. The van der Waals surface area contributed by atoms with Crippen molar-refractivity contribution in [3.63, 3.8) is 0 Å². The normalized spacial score (nSPS) is 12.0. The Bertz CT molecular complexity index is 899. The Hall–Kier alpha value is -1.41. The maximum atomic E-state index is 12.2. The van der Waals surface area contributed by atoms with E-state index >= 15 is 0 Å². The molecule has 2 N–H and O–H groups in total. The van der Waals surface area contributed by atoms with Crippen LogP contribution in [0.5, 0.6) is 0 Å². The van der Waals surface area contributed by atoms with Crippen LogP contribution in [0.3, 0.4) is 0 Å². The Morgan fingerprint density at radius 3 is 2.37 bits per heavy atom. The molecule has 2 rings (SSSR count).